The number of carbonyl (C=O) groups is 1. The van der Waals surface area contributed by atoms with E-state index < -0.39 is 5.97 Å². The van der Waals surface area contributed by atoms with Gasteiger partial charge in [0.15, 0.2) is 0 Å². The van der Waals surface area contributed by atoms with Crippen molar-refractivity contribution in [2.45, 2.75) is 0 Å². The van der Waals surface area contributed by atoms with Gasteiger partial charge >= 0.3 is 5.97 Å². The van der Waals surface area contributed by atoms with Gasteiger partial charge in [-0.1, -0.05) is 30.3 Å². The van der Waals surface area contributed by atoms with Crippen LogP contribution in [0.15, 0.2) is 47.7 Å². The molecule has 0 heterocycles. The molecule has 0 fully saturated rings. The first-order valence-corrected chi connectivity index (χ1v) is 4.41. The van der Waals surface area contributed by atoms with Crippen LogP contribution in [0.25, 0.3) is 0 Å². The molecule has 1 aromatic rings. The number of rotatable bonds is 4. The highest BCUT2D eigenvalue weighted by atomic mass is 16.4. The van der Waals surface area contributed by atoms with Crippen molar-refractivity contribution < 1.29 is 9.90 Å². The Kier molecular flexibility index (Phi) is 4.09. The van der Waals surface area contributed by atoms with E-state index in [9.17, 15) is 4.79 Å². The summed E-state index contributed by atoms with van der Waals surface area (Å²) in [5.74, 6) is -0.989. The highest BCUT2D eigenvalue weighted by molar-refractivity contribution is 5.80. The Morgan fingerprint density at radius 3 is 2.67 bits per heavy atom. The molecule has 0 aromatic heterocycles. The molecule has 0 saturated heterocycles. The first-order chi connectivity index (χ1) is 7.18. The summed E-state index contributed by atoms with van der Waals surface area (Å²) in [4.78, 5) is 10.2. The predicted molar refractivity (Wildman–Crippen MR) is 58.6 cm³/mol. The zero-order chi connectivity index (χ0) is 11.1. The fourth-order valence-electron chi connectivity index (χ4n) is 0.907. The molecular weight excluding hydrogens is 192 g/mol. The number of carboxylic acid groups (broad SMARTS) is 1. The first kappa shape index (κ1) is 11.0. The molecule has 0 unspecified atom stereocenters. The lowest BCUT2D eigenvalue weighted by Gasteiger charge is -2.04. The lowest BCUT2D eigenvalue weighted by molar-refractivity contribution is -0.131. The molecule has 1 aromatic carbocycles. The standard InChI is InChI=1S/C11H12N2O2/c1-13(8-7-11(14)15)12-9-10-5-3-2-4-6-10/h2-9H,1H3,(H,14,15)/b8-7+,12-9+. The maximum absolute atomic E-state index is 10.2. The Labute approximate surface area is 88.1 Å². The van der Waals surface area contributed by atoms with Gasteiger partial charge in [-0.15, -0.1) is 0 Å². The average Bonchev–Trinajstić information content (AvgIpc) is 2.25. The van der Waals surface area contributed by atoms with Crippen LogP contribution in [0.1, 0.15) is 5.56 Å². The number of hydrogen-bond donors (Lipinski definition) is 1. The first-order valence-electron chi connectivity index (χ1n) is 4.41. The number of hydrogen-bond acceptors (Lipinski definition) is 3. The van der Waals surface area contributed by atoms with Crippen LogP contribution in [0, 0.1) is 0 Å². The van der Waals surface area contributed by atoms with Gasteiger partial charge < -0.3 is 5.11 Å². The Hall–Kier alpha value is -2.10. The van der Waals surface area contributed by atoms with E-state index in [2.05, 4.69) is 5.10 Å². The Morgan fingerprint density at radius 2 is 2.07 bits per heavy atom. The fraction of sp³-hybridized carbons (Fsp3) is 0.0909. The SMILES string of the molecule is CN(/C=C/C(=O)O)/N=C/c1ccccc1. The Morgan fingerprint density at radius 1 is 1.40 bits per heavy atom. The van der Waals surface area contributed by atoms with Gasteiger partial charge in [0.2, 0.25) is 0 Å². The maximum Gasteiger partial charge on any atom is 0.329 e. The van der Waals surface area contributed by atoms with Crippen LogP contribution in [0.5, 0.6) is 0 Å². The lowest BCUT2D eigenvalue weighted by atomic mass is 10.2. The van der Waals surface area contributed by atoms with Crippen molar-refractivity contribution in [1.29, 1.82) is 0 Å². The van der Waals surface area contributed by atoms with E-state index in [4.69, 9.17) is 5.11 Å². The van der Waals surface area contributed by atoms with Crippen LogP contribution in [0.2, 0.25) is 0 Å². The molecule has 0 saturated carbocycles. The normalized spacial score (nSPS) is 11.0. The quantitative estimate of drug-likeness (QED) is 0.460. The monoisotopic (exact) mass is 204 g/mol. The zero-order valence-corrected chi connectivity index (χ0v) is 8.37. The van der Waals surface area contributed by atoms with Crippen molar-refractivity contribution >= 4 is 12.2 Å². The molecule has 1 N–H and O–H groups in total. The summed E-state index contributed by atoms with van der Waals surface area (Å²) in [5, 5.41) is 13.8. The summed E-state index contributed by atoms with van der Waals surface area (Å²) in [7, 11) is 1.67. The molecule has 0 radical (unpaired) electrons. The van der Waals surface area contributed by atoms with Crippen LogP contribution in [0.3, 0.4) is 0 Å². The van der Waals surface area contributed by atoms with Crippen LogP contribution in [-0.4, -0.2) is 29.3 Å². The summed E-state index contributed by atoms with van der Waals surface area (Å²) < 4.78 is 0. The second-order valence-corrected chi connectivity index (χ2v) is 2.88. The van der Waals surface area contributed by atoms with Gasteiger partial charge in [0.1, 0.15) is 0 Å². The van der Waals surface area contributed by atoms with Crippen molar-refractivity contribution in [3.8, 4) is 0 Å². The molecular formula is C11H12N2O2. The van der Waals surface area contributed by atoms with E-state index >= 15 is 0 Å². The molecule has 0 spiro atoms. The third-order valence-corrected chi connectivity index (χ3v) is 1.62. The smallest absolute Gasteiger partial charge is 0.329 e. The molecule has 15 heavy (non-hydrogen) atoms. The highest BCUT2D eigenvalue weighted by Crippen LogP contribution is 1.95. The van der Waals surface area contributed by atoms with E-state index in [-0.39, 0.29) is 0 Å². The minimum absolute atomic E-state index is 0.966. The van der Waals surface area contributed by atoms with E-state index in [0.29, 0.717) is 0 Å². The van der Waals surface area contributed by atoms with Gasteiger partial charge in [-0.2, -0.15) is 5.10 Å². The average molecular weight is 204 g/mol. The number of carboxylic acids is 1. The van der Waals surface area contributed by atoms with Gasteiger partial charge in [-0.05, 0) is 5.56 Å². The summed E-state index contributed by atoms with van der Waals surface area (Å²) in [6.45, 7) is 0. The number of aliphatic carboxylic acids is 1. The number of benzene rings is 1. The van der Waals surface area contributed by atoms with E-state index in [0.717, 1.165) is 11.6 Å². The summed E-state index contributed by atoms with van der Waals surface area (Å²) >= 11 is 0. The van der Waals surface area contributed by atoms with Crippen LogP contribution < -0.4 is 0 Å². The molecule has 78 valence electrons. The van der Waals surface area contributed by atoms with E-state index in [1.807, 2.05) is 30.3 Å². The summed E-state index contributed by atoms with van der Waals surface area (Å²) in [6, 6.07) is 9.57. The molecule has 4 nitrogen and oxygen atoms in total. The third-order valence-electron chi connectivity index (χ3n) is 1.62. The molecule has 0 aliphatic carbocycles. The number of nitrogens with zero attached hydrogens (tertiary/aromatic N) is 2. The van der Waals surface area contributed by atoms with Crippen molar-refractivity contribution in [1.82, 2.24) is 5.01 Å². The molecule has 1 rings (SSSR count). The van der Waals surface area contributed by atoms with Gasteiger partial charge in [0.25, 0.3) is 0 Å². The van der Waals surface area contributed by atoms with Crippen LogP contribution in [0.4, 0.5) is 0 Å². The van der Waals surface area contributed by atoms with Crippen molar-refractivity contribution in [3.63, 3.8) is 0 Å². The van der Waals surface area contributed by atoms with Gasteiger partial charge in [0, 0.05) is 19.3 Å². The Bertz CT molecular complexity index is 371. The minimum atomic E-state index is -0.989. The molecule has 0 atom stereocenters. The van der Waals surface area contributed by atoms with Gasteiger partial charge in [-0.25, -0.2) is 4.79 Å². The molecule has 0 amide bonds. The topological polar surface area (TPSA) is 52.9 Å². The third kappa shape index (κ3) is 4.61. The molecule has 0 bridgehead atoms. The zero-order valence-electron chi connectivity index (χ0n) is 8.37. The predicted octanol–water partition coefficient (Wildman–Crippen LogP) is 1.55. The molecule has 0 aliphatic heterocycles. The van der Waals surface area contributed by atoms with Crippen LogP contribution in [-0.2, 0) is 4.79 Å². The lowest BCUT2D eigenvalue weighted by Crippen LogP contribution is -2.03. The second-order valence-electron chi connectivity index (χ2n) is 2.88. The fourth-order valence-corrected chi connectivity index (χ4v) is 0.907. The Balaban J connectivity index is 2.55. The van der Waals surface area contributed by atoms with Gasteiger partial charge in [-0.3, -0.25) is 5.01 Å². The van der Waals surface area contributed by atoms with Crippen LogP contribution >= 0.6 is 0 Å². The minimum Gasteiger partial charge on any atom is -0.478 e. The maximum atomic E-state index is 10.2. The highest BCUT2D eigenvalue weighted by Gasteiger charge is 1.88. The largest absolute Gasteiger partial charge is 0.478 e. The van der Waals surface area contributed by atoms with E-state index in [1.54, 1.807) is 13.3 Å². The van der Waals surface area contributed by atoms with Gasteiger partial charge in [0.05, 0.1) is 6.21 Å². The van der Waals surface area contributed by atoms with Crippen molar-refractivity contribution in [2.24, 2.45) is 5.10 Å². The second kappa shape index (κ2) is 5.59. The number of hydrazone groups is 1. The summed E-state index contributed by atoms with van der Waals surface area (Å²) in [5.41, 5.74) is 0.966. The van der Waals surface area contributed by atoms with E-state index in [1.165, 1.54) is 11.2 Å². The van der Waals surface area contributed by atoms with Crippen molar-refractivity contribution in [2.75, 3.05) is 7.05 Å². The van der Waals surface area contributed by atoms with Crippen molar-refractivity contribution in [3.05, 3.63) is 48.2 Å². The molecule has 4 heteroatoms. The summed E-state index contributed by atoms with van der Waals surface area (Å²) in [6.07, 6.45) is 4.07. The molecule has 0 aliphatic rings.